The van der Waals surface area contributed by atoms with Gasteiger partial charge in [-0.25, -0.2) is 0 Å². The van der Waals surface area contributed by atoms with E-state index in [1.165, 1.54) is 12.8 Å². The van der Waals surface area contributed by atoms with Crippen LogP contribution in [0.15, 0.2) is 0 Å². The van der Waals surface area contributed by atoms with Crippen molar-refractivity contribution in [3.05, 3.63) is 0 Å². The Morgan fingerprint density at radius 1 is 1.17 bits per heavy atom. The molecule has 0 rings (SSSR count). The normalized spacial score (nSPS) is 13.2. The van der Waals surface area contributed by atoms with E-state index in [4.69, 9.17) is 11.5 Å². The van der Waals surface area contributed by atoms with Gasteiger partial charge < -0.3 is 22.1 Å². The van der Waals surface area contributed by atoms with Crippen molar-refractivity contribution in [3.8, 4) is 0 Å². The first-order chi connectivity index (χ1) is 5.77. The van der Waals surface area contributed by atoms with Crippen molar-refractivity contribution in [2.24, 2.45) is 11.5 Å². The highest BCUT2D eigenvalue weighted by Gasteiger charge is 1.91. The lowest BCUT2D eigenvalue weighted by Gasteiger charge is -2.07. The maximum absolute atomic E-state index is 5.51. The number of rotatable bonds is 8. The Bertz CT molecular complexity index is 85.1. The van der Waals surface area contributed by atoms with Gasteiger partial charge in [-0.05, 0) is 32.9 Å². The molecule has 0 fully saturated rings. The second kappa shape index (κ2) is 8.93. The minimum absolute atomic E-state index is 0.113. The van der Waals surface area contributed by atoms with Gasteiger partial charge in [-0.2, -0.15) is 0 Å². The van der Waals surface area contributed by atoms with Gasteiger partial charge in [0.25, 0.3) is 0 Å². The summed E-state index contributed by atoms with van der Waals surface area (Å²) in [5.74, 6) is 0. The third-order valence-electron chi connectivity index (χ3n) is 1.57. The molecule has 0 aliphatic carbocycles. The zero-order valence-corrected chi connectivity index (χ0v) is 7.97. The van der Waals surface area contributed by atoms with Crippen LogP contribution in [-0.4, -0.2) is 32.3 Å². The molecule has 0 aromatic rings. The first-order valence-electron chi connectivity index (χ1n) is 4.67. The van der Waals surface area contributed by atoms with Crippen LogP contribution >= 0.6 is 0 Å². The average molecular weight is 174 g/mol. The van der Waals surface area contributed by atoms with Crippen LogP contribution in [0.1, 0.15) is 19.8 Å². The lowest BCUT2D eigenvalue weighted by Crippen LogP contribution is -2.35. The summed E-state index contributed by atoms with van der Waals surface area (Å²) in [6, 6.07) is 0. The Hall–Kier alpha value is -0.160. The third-order valence-corrected chi connectivity index (χ3v) is 1.57. The molecule has 1 unspecified atom stereocenters. The van der Waals surface area contributed by atoms with Gasteiger partial charge in [-0.15, -0.1) is 0 Å². The molecule has 4 heteroatoms. The summed E-state index contributed by atoms with van der Waals surface area (Å²) in [7, 11) is 0. The molecule has 1 atom stereocenters. The van der Waals surface area contributed by atoms with Crippen molar-refractivity contribution in [1.82, 2.24) is 10.6 Å². The van der Waals surface area contributed by atoms with Gasteiger partial charge in [0.05, 0.1) is 6.17 Å². The molecule has 0 aromatic heterocycles. The molecule has 0 amide bonds. The standard InChI is InChI=1S/C8H22N4/c1-8(10)12-6-3-2-5-11-7-4-9/h8,11-12H,2-7,9-10H2,1H3. The van der Waals surface area contributed by atoms with Crippen LogP contribution in [0, 0.1) is 0 Å². The highest BCUT2D eigenvalue weighted by molar-refractivity contribution is 4.53. The molecular formula is C8H22N4. The number of hydrogen-bond donors (Lipinski definition) is 4. The fourth-order valence-electron chi connectivity index (χ4n) is 0.932. The molecule has 12 heavy (non-hydrogen) atoms. The quantitative estimate of drug-likeness (QED) is 0.287. The average Bonchev–Trinajstić information content (AvgIpc) is 2.02. The summed E-state index contributed by atoms with van der Waals surface area (Å²) in [6.07, 6.45) is 2.46. The van der Waals surface area contributed by atoms with Crippen molar-refractivity contribution in [2.75, 3.05) is 26.2 Å². The molecule has 0 spiro atoms. The third kappa shape index (κ3) is 9.84. The zero-order chi connectivity index (χ0) is 9.23. The van der Waals surface area contributed by atoms with Crippen molar-refractivity contribution >= 4 is 0 Å². The van der Waals surface area contributed by atoms with Crippen LogP contribution in [0.2, 0.25) is 0 Å². The van der Waals surface area contributed by atoms with E-state index in [0.29, 0.717) is 0 Å². The summed E-state index contributed by atoms with van der Waals surface area (Å²) in [4.78, 5) is 0. The van der Waals surface area contributed by atoms with E-state index < -0.39 is 0 Å². The van der Waals surface area contributed by atoms with E-state index in [-0.39, 0.29) is 6.17 Å². The van der Waals surface area contributed by atoms with Gasteiger partial charge in [0, 0.05) is 13.1 Å². The Labute approximate surface area is 75.1 Å². The predicted molar refractivity (Wildman–Crippen MR) is 52.8 cm³/mol. The Morgan fingerprint density at radius 2 is 1.83 bits per heavy atom. The van der Waals surface area contributed by atoms with Gasteiger partial charge in [0.1, 0.15) is 0 Å². The van der Waals surface area contributed by atoms with Crippen LogP contribution in [0.4, 0.5) is 0 Å². The van der Waals surface area contributed by atoms with Crippen LogP contribution in [-0.2, 0) is 0 Å². The number of nitrogens with one attached hydrogen (secondary N) is 2. The van der Waals surface area contributed by atoms with Gasteiger partial charge in [0.15, 0.2) is 0 Å². The minimum Gasteiger partial charge on any atom is -0.329 e. The molecule has 0 aromatic carbocycles. The topological polar surface area (TPSA) is 76.1 Å². The van der Waals surface area contributed by atoms with Gasteiger partial charge in [0.2, 0.25) is 0 Å². The Balaban J connectivity index is 2.82. The van der Waals surface area contributed by atoms with Crippen molar-refractivity contribution < 1.29 is 0 Å². The highest BCUT2D eigenvalue weighted by atomic mass is 15.0. The second-order valence-corrected chi connectivity index (χ2v) is 2.99. The molecule has 0 heterocycles. The Morgan fingerprint density at radius 3 is 2.42 bits per heavy atom. The van der Waals surface area contributed by atoms with Gasteiger partial charge in [-0.1, -0.05) is 0 Å². The van der Waals surface area contributed by atoms with E-state index in [9.17, 15) is 0 Å². The first-order valence-corrected chi connectivity index (χ1v) is 4.67. The Kier molecular flexibility index (Phi) is 8.81. The monoisotopic (exact) mass is 174 g/mol. The summed E-state index contributed by atoms with van der Waals surface area (Å²) in [6.45, 7) is 5.64. The second-order valence-electron chi connectivity index (χ2n) is 2.99. The summed E-state index contributed by atoms with van der Waals surface area (Å²) < 4.78 is 0. The van der Waals surface area contributed by atoms with E-state index >= 15 is 0 Å². The largest absolute Gasteiger partial charge is 0.329 e. The molecule has 0 radical (unpaired) electrons. The maximum Gasteiger partial charge on any atom is 0.0517 e. The van der Waals surface area contributed by atoms with Crippen molar-refractivity contribution in [2.45, 2.75) is 25.9 Å². The van der Waals surface area contributed by atoms with Crippen molar-refractivity contribution in [1.29, 1.82) is 0 Å². The summed E-state index contributed by atoms with van der Waals surface area (Å²) in [5.41, 5.74) is 10.8. The zero-order valence-electron chi connectivity index (χ0n) is 7.97. The molecule has 6 N–H and O–H groups in total. The molecule has 0 bridgehead atoms. The van der Waals surface area contributed by atoms with Crippen LogP contribution < -0.4 is 22.1 Å². The lowest BCUT2D eigenvalue weighted by atomic mass is 10.3. The predicted octanol–water partition coefficient (Wildman–Crippen LogP) is -0.791. The molecule has 0 saturated carbocycles. The molecular weight excluding hydrogens is 152 g/mol. The van der Waals surface area contributed by atoms with Gasteiger partial charge in [-0.3, -0.25) is 0 Å². The molecule has 0 saturated heterocycles. The number of nitrogens with two attached hydrogens (primary N) is 2. The van der Waals surface area contributed by atoms with Gasteiger partial charge >= 0.3 is 0 Å². The van der Waals surface area contributed by atoms with Crippen LogP contribution in [0.25, 0.3) is 0 Å². The number of hydrogen-bond acceptors (Lipinski definition) is 4. The van der Waals surface area contributed by atoms with Crippen LogP contribution in [0.5, 0.6) is 0 Å². The summed E-state index contributed by atoms with van der Waals surface area (Å²) >= 11 is 0. The fraction of sp³-hybridized carbons (Fsp3) is 1.00. The summed E-state index contributed by atoms with van der Waals surface area (Å²) in [5, 5.41) is 6.40. The minimum atomic E-state index is 0.113. The van der Waals surface area contributed by atoms with E-state index in [1.54, 1.807) is 0 Å². The highest BCUT2D eigenvalue weighted by Crippen LogP contribution is 1.84. The maximum atomic E-state index is 5.51. The van der Waals surface area contributed by atoms with E-state index in [2.05, 4.69) is 10.6 Å². The molecule has 0 aliphatic heterocycles. The molecule has 74 valence electrons. The lowest BCUT2D eigenvalue weighted by molar-refractivity contribution is 0.530. The van der Waals surface area contributed by atoms with Crippen molar-refractivity contribution in [3.63, 3.8) is 0 Å². The van der Waals surface area contributed by atoms with Crippen LogP contribution in [0.3, 0.4) is 0 Å². The SMILES string of the molecule is CC(N)NCCCCNCCN. The first kappa shape index (κ1) is 11.8. The fourth-order valence-corrected chi connectivity index (χ4v) is 0.932. The number of unbranched alkanes of at least 4 members (excludes halogenated alkanes) is 1. The molecule has 4 nitrogen and oxygen atoms in total. The molecule has 0 aliphatic rings. The smallest absolute Gasteiger partial charge is 0.0517 e. The van der Waals surface area contributed by atoms with E-state index in [0.717, 1.165) is 26.2 Å². The van der Waals surface area contributed by atoms with E-state index in [1.807, 2.05) is 6.92 Å².